The maximum absolute atomic E-state index is 12.1. The zero-order chi connectivity index (χ0) is 12.4. The summed E-state index contributed by atoms with van der Waals surface area (Å²) in [6.45, 7) is 2.38. The Labute approximate surface area is 101 Å². The lowest BCUT2D eigenvalue weighted by atomic mass is 9.94. The van der Waals surface area contributed by atoms with E-state index in [9.17, 15) is 4.79 Å². The van der Waals surface area contributed by atoms with E-state index in [2.05, 4.69) is 0 Å². The average Bonchev–Trinajstić information content (AvgIpc) is 2.36. The van der Waals surface area contributed by atoms with Crippen LogP contribution in [0.4, 0.5) is 0 Å². The molecule has 1 aliphatic heterocycles. The van der Waals surface area contributed by atoms with Crippen molar-refractivity contribution in [3.8, 4) is 11.5 Å². The zero-order valence-electron chi connectivity index (χ0n) is 10.2. The Bertz CT molecular complexity index is 441. The second-order valence-corrected chi connectivity index (χ2v) is 4.22. The SMILES string of the molecule is COc1ccc2c(c1C(=O)C(C)N)CCCO2. The van der Waals surface area contributed by atoms with Crippen molar-refractivity contribution in [2.45, 2.75) is 25.8 Å². The highest BCUT2D eigenvalue weighted by molar-refractivity contribution is 6.04. The summed E-state index contributed by atoms with van der Waals surface area (Å²) in [5.74, 6) is 1.27. The highest BCUT2D eigenvalue weighted by atomic mass is 16.5. The predicted molar refractivity (Wildman–Crippen MR) is 64.8 cm³/mol. The number of methoxy groups -OCH3 is 1. The largest absolute Gasteiger partial charge is 0.496 e. The Kier molecular flexibility index (Phi) is 3.33. The van der Waals surface area contributed by atoms with Crippen LogP contribution in [-0.4, -0.2) is 25.5 Å². The summed E-state index contributed by atoms with van der Waals surface area (Å²) in [5.41, 5.74) is 7.19. The number of ketones is 1. The molecule has 0 fully saturated rings. The molecule has 0 amide bonds. The van der Waals surface area contributed by atoms with Crippen LogP contribution in [0.15, 0.2) is 12.1 Å². The molecule has 2 rings (SSSR count). The highest BCUT2D eigenvalue weighted by Gasteiger charge is 2.24. The summed E-state index contributed by atoms with van der Waals surface area (Å²) < 4.78 is 10.8. The van der Waals surface area contributed by atoms with Crippen molar-refractivity contribution in [1.82, 2.24) is 0 Å². The molecule has 1 aromatic rings. The van der Waals surface area contributed by atoms with Crippen LogP contribution in [-0.2, 0) is 6.42 Å². The number of benzene rings is 1. The first-order valence-corrected chi connectivity index (χ1v) is 5.77. The van der Waals surface area contributed by atoms with E-state index in [0.717, 1.165) is 24.2 Å². The van der Waals surface area contributed by atoms with E-state index in [1.54, 1.807) is 20.1 Å². The van der Waals surface area contributed by atoms with Gasteiger partial charge in [-0.05, 0) is 31.9 Å². The molecule has 0 spiro atoms. The van der Waals surface area contributed by atoms with Crippen LogP contribution in [0.25, 0.3) is 0 Å². The molecular weight excluding hydrogens is 218 g/mol. The maximum atomic E-state index is 12.1. The molecule has 1 heterocycles. The number of nitrogens with two attached hydrogens (primary N) is 1. The monoisotopic (exact) mass is 235 g/mol. The fourth-order valence-electron chi connectivity index (χ4n) is 2.09. The van der Waals surface area contributed by atoms with Crippen molar-refractivity contribution >= 4 is 5.78 Å². The van der Waals surface area contributed by atoms with Crippen LogP contribution < -0.4 is 15.2 Å². The van der Waals surface area contributed by atoms with Gasteiger partial charge in [-0.1, -0.05) is 0 Å². The van der Waals surface area contributed by atoms with E-state index in [0.29, 0.717) is 17.9 Å². The number of hydrogen-bond acceptors (Lipinski definition) is 4. The van der Waals surface area contributed by atoms with Crippen LogP contribution >= 0.6 is 0 Å². The minimum absolute atomic E-state index is 0.0933. The molecule has 0 aliphatic carbocycles. The molecule has 92 valence electrons. The lowest BCUT2D eigenvalue weighted by Crippen LogP contribution is -2.28. The molecule has 0 radical (unpaired) electrons. The summed E-state index contributed by atoms with van der Waals surface area (Å²) in [6, 6.07) is 3.09. The van der Waals surface area contributed by atoms with Gasteiger partial charge in [0.05, 0.1) is 25.3 Å². The first kappa shape index (κ1) is 11.9. The number of hydrogen-bond donors (Lipinski definition) is 1. The van der Waals surface area contributed by atoms with Crippen molar-refractivity contribution in [3.63, 3.8) is 0 Å². The normalized spacial score (nSPS) is 15.7. The molecule has 0 aromatic heterocycles. The fraction of sp³-hybridized carbons (Fsp3) is 0.462. The number of carbonyl (C=O) groups excluding carboxylic acids is 1. The van der Waals surface area contributed by atoms with E-state index >= 15 is 0 Å². The molecule has 1 atom stereocenters. The Morgan fingerprint density at radius 3 is 2.94 bits per heavy atom. The van der Waals surface area contributed by atoms with Gasteiger partial charge in [0, 0.05) is 5.56 Å². The van der Waals surface area contributed by atoms with Crippen molar-refractivity contribution in [3.05, 3.63) is 23.3 Å². The van der Waals surface area contributed by atoms with Crippen molar-refractivity contribution < 1.29 is 14.3 Å². The van der Waals surface area contributed by atoms with Gasteiger partial charge in [-0.25, -0.2) is 0 Å². The zero-order valence-corrected chi connectivity index (χ0v) is 10.2. The predicted octanol–water partition coefficient (Wildman–Crippen LogP) is 1.55. The summed E-state index contributed by atoms with van der Waals surface area (Å²) in [4.78, 5) is 12.1. The number of fused-ring (bicyclic) bond motifs is 1. The van der Waals surface area contributed by atoms with Gasteiger partial charge in [-0.15, -0.1) is 0 Å². The Morgan fingerprint density at radius 1 is 1.53 bits per heavy atom. The van der Waals surface area contributed by atoms with E-state index in [1.807, 2.05) is 6.07 Å². The molecule has 17 heavy (non-hydrogen) atoms. The second-order valence-electron chi connectivity index (χ2n) is 4.22. The molecule has 1 aliphatic rings. The van der Waals surface area contributed by atoms with Gasteiger partial charge >= 0.3 is 0 Å². The Balaban J connectivity index is 2.56. The van der Waals surface area contributed by atoms with Gasteiger partial charge < -0.3 is 15.2 Å². The quantitative estimate of drug-likeness (QED) is 0.807. The third-order valence-electron chi connectivity index (χ3n) is 2.94. The Morgan fingerprint density at radius 2 is 2.29 bits per heavy atom. The molecule has 1 aromatic carbocycles. The lowest BCUT2D eigenvalue weighted by Gasteiger charge is -2.22. The molecule has 1 unspecified atom stereocenters. The average molecular weight is 235 g/mol. The first-order valence-electron chi connectivity index (χ1n) is 5.77. The molecule has 0 saturated heterocycles. The number of carbonyl (C=O) groups is 1. The van der Waals surface area contributed by atoms with Crippen LogP contribution in [0.1, 0.15) is 29.3 Å². The standard InChI is InChI=1S/C13H17NO3/c1-8(14)13(15)12-9-4-3-7-17-10(9)5-6-11(12)16-2/h5-6,8H,3-4,7,14H2,1-2H3. The van der Waals surface area contributed by atoms with E-state index in [4.69, 9.17) is 15.2 Å². The van der Waals surface area contributed by atoms with Gasteiger partial charge in [0.25, 0.3) is 0 Å². The van der Waals surface area contributed by atoms with Gasteiger partial charge in [0.1, 0.15) is 11.5 Å². The van der Waals surface area contributed by atoms with E-state index in [-0.39, 0.29) is 5.78 Å². The van der Waals surface area contributed by atoms with Crippen LogP contribution in [0, 0.1) is 0 Å². The third kappa shape index (κ3) is 2.13. The number of rotatable bonds is 3. The maximum Gasteiger partial charge on any atom is 0.183 e. The van der Waals surface area contributed by atoms with Gasteiger partial charge in [-0.2, -0.15) is 0 Å². The van der Waals surface area contributed by atoms with Gasteiger partial charge in [0.2, 0.25) is 0 Å². The summed E-state index contributed by atoms with van der Waals surface area (Å²) in [7, 11) is 1.56. The van der Waals surface area contributed by atoms with E-state index in [1.165, 1.54) is 0 Å². The summed E-state index contributed by atoms with van der Waals surface area (Å²) >= 11 is 0. The summed E-state index contributed by atoms with van der Waals surface area (Å²) in [5, 5.41) is 0. The van der Waals surface area contributed by atoms with Crippen LogP contribution in [0.5, 0.6) is 11.5 Å². The van der Waals surface area contributed by atoms with Crippen LogP contribution in [0.2, 0.25) is 0 Å². The van der Waals surface area contributed by atoms with Crippen LogP contribution in [0.3, 0.4) is 0 Å². The third-order valence-corrected chi connectivity index (χ3v) is 2.94. The minimum atomic E-state index is -0.530. The molecule has 0 bridgehead atoms. The second kappa shape index (κ2) is 4.75. The lowest BCUT2D eigenvalue weighted by molar-refractivity contribution is 0.0962. The number of Topliss-reactive ketones (excluding diaryl/α,β-unsaturated/α-hetero) is 1. The first-order chi connectivity index (χ1) is 8.15. The summed E-state index contributed by atoms with van der Waals surface area (Å²) in [6.07, 6.45) is 1.75. The van der Waals surface area contributed by atoms with Gasteiger partial charge in [0.15, 0.2) is 5.78 Å². The highest BCUT2D eigenvalue weighted by Crippen LogP contribution is 2.34. The molecular formula is C13H17NO3. The molecule has 4 nitrogen and oxygen atoms in total. The smallest absolute Gasteiger partial charge is 0.183 e. The fourth-order valence-corrected chi connectivity index (χ4v) is 2.09. The van der Waals surface area contributed by atoms with Crippen molar-refractivity contribution in [2.24, 2.45) is 5.73 Å². The Hall–Kier alpha value is -1.55. The topological polar surface area (TPSA) is 61.5 Å². The molecule has 2 N–H and O–H groups in total. The molecule has 0 saturated carbocycles. The van der Waals surface area contributed by atoms with Crippen molar-refractivity contribution in [1.29, 1.82) is 0 Å². The molecule has 4 heteroatoms. The van der Waals surface area contributed by atoms with E-state index < -0.39 is 6.04 Å². The minimum Gasteiger partial charge on any atom is -0.496 e. The van der Waals surface area contributed by atoms with Gasteiger partial charge in [-0.3, -0.25) is 4.79 Å². The number of ether oxygens (including phenoxy) is 2. The van der Waals surface area contributed by atoms with Crippen molar-refractivity contribution in [2.75, 3.05) is 13.7 Å².